The van der Waals surface area contributed by atoms with Gasteiger partial charge >= 0.3 is 0 Å². The molecule has 0 saturated heterocycles. The molecule has 130 valence electrons. The minimum Gasteiger partial charge on any atom is -0.384 e. The van der Waals surface area contributed by atoms with Crippen LogP contribution in [0.15, 0.2) is 30.3 Å². The molecule has 0 unspecified atom stereocenters. The number of rotatable bonds is 7. The first-order valence-electron chi connectivity index (χ1n) is 8.47. The van der Waals surface area contributed by atoms with Crippen molar-refractivity contribution >= 4 is 22.5 Å². The second kappa shape index (κ2) is 7.38. The van der Waals surface area contributed by atoms with Crippen LogP contribution in [-0.2, 0) is 11.2 Å². The number of carbonyl (C=O) groups excluding carboxylic acids is 1. The lowest BCUT2D eigenvalue weighted by atomic mass is 9.81. The van der Waals surface area contributed by atoms with Crippen molar-refractivity contribution in [3.05, 3.63) is 41.7 Å². The Morgan fingerprint density at radius 3 is 2.76 bits per heavy atom. The molecule has 3 aromatic rings. The van der Waals surface area contributed by atoms with Crippen molar-refractivity contribution in [3.63, 3.8) is 0 Å². The smallest absolute Gasteiger partial charge is 0.178 e. The Hall–Kier alpha value is -2.83. The molecule has 0 radical (unpaired) electrons. The zero-order valence-corrected chi connectivity index (χ0v) is 14.4. The maximum Gasteiger partial charge on any atom is 0.178 e. The van der Waals surface area contributed by atoms with Gasteiger partial charge in [-0.25, -0.2) is 4.98 Å². The molecule has 0 aliphatic rings. The van der Waals surface area contributed by atoms with E-state index in [9.17, 15) is 4.79 Å². The molecule has 0 amide bonds. The van der Waals surface area contributed by atoms with Crippen molar-refractivity contribution in [2.45, 2.75) is 39.0 Å². The Balaban J connectivity index is 1.95. The number of pyridine rings is 1. The number of aromatic amines is 1. The molecule has 7 heteroatoms. The number of hydrogen-bond acceptors (Lipinski definition) is 6. The van der Waals surface area contributed by atoms with E-state index in [1.165, 1.54) is 0 Å². The van der Waals surface area contributed by atoms with Crippen LogP contribution in [0.25, 0.3) is 10.9 Å². The third-order valence-corrected chi connectivity index (χ3v) is 4.53. The summed E-state index contributed by atoms with van der Waals surface area (Å²) in [6.45, 7) is 3.71. The highest BCUT2D eigenvalue weighted by atomic mass is 16.1. The largest absolute Gasteiger partial charge is 0.384 e. The zero-order valence-electron chi connectivity index (χ0n) is 14.4. The maximum atomic E-state index is 12.2. The first kappa shape index (κ1) is 17.0. The highest BCUT2D eigenvalue weighted by molar-refractivity contribution is 5.81. The molecule has 2 aromatic heterocycles. The summed E-state index contributed by atoms with van der Waals surface area (Å²) in [5, 5.41) is 15.5. The quantitative estimate of drug-likeness (QED) is 0.685. The van der Waals surface area contributed by atoms with E-state index in [4.69, 9.17) is 5.73 Å². The monoisotopic (exact) mass is 338 g/mol. The molecule has 3 N–H and O–H groups in total. The van der Waals surface area contributed by atoms with Gasteiger partial charge in [-0.05, 0) is 43.5 Å². The van der Waals surface area contributed by atoms with Crippen molar-refractivity contribution in [2.24, 2.45) is 5.92 Å². The summed E-state index contributed by atoms with van der Waals surface area (Å²) >= 11 is 0. The van der Waals surface area contributed by atoms with Gasteiger partial charge in [0.15, 0.2) is 5.82 Å². The number of nitrogen functional groups attached to an aromatic ring is 1. The van der Waals surface area contributed by atoms with E-state index in [0.717, 1.165) is 29.3 Å². The van der Waals surface area contributed by atoms with Gasteiger partial charge in [-0.1, -0.05) is 30.7 Å². The van der Waals surface area contributed by atoms with Gasteiger partial charge in [0.05, 0.1) is 5.52 Å². The lowest BCUT2D eigenvalue weighted by Crippen LogP contribution is -2.23. The van der Waals surface area contributed by atoms with E-state index in [2.05, 4.69) is 38.6 Å². The highest BCUT2D eigenvalue weighted by Gasteiger charge is 2.29. The second-order valence-corrected chi connectivity index (χ2v) is 6.35. The predicted octanol–water partition coefficient (Wildman–Crippen LogP) is 2.66. The molecule has 2 atom stereocenters. The van der Waals surface area contributed by atoms with E-state index < -0.39 is 0 Å². The highest BCUT2D eigenvalue weighted by Crippen LogP contribution is 2.31. The van der Waals surface area contributed by atoms with Gasteiger partial charge < -0.3 is 5.73 Å². The van der Waals surface area contributed by atoms with Gasteiger partial charge in [0.2, 0.25) is 0 Å². The SMILES string of the molecule is CCC[C@H](C(C)=O)[C@H](Cc1ccc2ccc(N)nc2c1)c1nn[nH]n1. The number of aromatic nitrogens is 5. The standard InChI is InChI=1S/C18H22N6O/c1-3-4-14(11(2)25)15(18-21-23-24-22-18)9-12-5-6-13-7-8-17(19)20-16(13)10-12/h5-8,10,14-15H,3-4,9H2,1-2H3,(H2,19,20)(H,21,22,23,24)/t14-,15+/m1/s1. The Kier molecular flexibility index (Phi) is 5.02. The topological polar surface area (TPSA) is 110 Å². The van der Waals surface area contributed by atoms with Crippen molar-refractivity contribution in [1.29, 1.82) is 0 Å². The molecule has 25 heavy (non-hydrogen) atoms. The Bertz CT molecular complexity index is 861. The van der Waals surface area contributed by atoms with E-state index in [1.54, 1.807) is 13.0 Å². The van der Waals surface area contributed by atoms with Crippen molar-refractivity contribution in [3.8, 4) is 0 Å². The van der Waals surface area contributed by atoms with Crippen LogP contribution in [0.3, 0.4) is 0 Å². The summed E-state index contributed by atoms with van der Waals surface area (Å²) in [4.78, 5) is 16.6. The predicted molar refractivity (Wildman–Crippen MR) is 95.9 cm³/mol. The summed E-state index contributed by atoms with van der Waals surface area (Å²) in [5.41, 5.74) is 7.71. The molecule has 0 aliphatic heterocycles. The van der Waals surface area contributed by atoms with E-state index >= 15 is 0 Å². The maximum absolute atomic E-state index is 12.2. The van der Waals surface area contributed by atoms with Crippen molar-refractivity contribution in [1.82, 2.24) is 25.6 Å². The Morgan fingerprint density at radius 1 is 1.28 bits per heavy atom. The summed E-state index contributed by atoms with van der Waals surface area (Å²) in [5.74, 6) is 0.975. The fourth-order valence-corrected chi connectivity index (χ4v) is 3.30. The number of ketones is 1. The first-order chi connectivity index (χ1) is 12.1. The number of H-pyrrole nitrogens is 1. The molecule has 0 fully saturated rings. The molecular formula is C18H22N6O. The summed E-state index contributed by atoms with van der Waals surface area (Å²) in [7, 11) is 0. The normalized spacial score (nSPS) is 13.7. The van der Waals surface area contributed by atoms with E-state index in [1.807, 2.05) is 18.2 Å². The number of nitrogens with zero attached hydrogens (tertiary/aromatic N) is 4. The van der Waals surface area contributed by atoms with Gasteiger partial charge in [0.1, 0.15) is 11.6 Å². The summed E-state index contributed by atoms with van der Waals surface area (Å²) < 4.78 is 0. The number of carbonyl (C=O) groups is 1. The molecule has 7 nitrogen and oxygen atoms in total. The van der Waals surface area contributed by atoms with Gasteiger partial charge in [0.25, 0.3) is 0 Å². The Morgan fingerprint density at radius 2 is 2.08 bits per heavy atom. The van der Waals surface area contributed by atoms with Crippen LogP contribution in [0.5, 0.6) is 0 Å². The van der Waals surface area contributed by atoms with E-state index in [0.29, 0.717) is 18.1 Å². The molecule has 0 spiro atoms. The average molecular weight is 338 g/mol. The minimum absolute atomic E-state index is 0.116. The third-order valence-electron chi connectivity index (χ3n) is 4.53. The lowest BCUT2D eigenvalue weighted by molar-refractivity contribution is -0.121. The van der Waals surface area contributed by atoms with Gasteiger partial charge in [-0.3, -0.25) is 4.79 Å². The molecule has 0 aliphatic carbocycles. The lowest BCUT2D eigenvalue weighted by Gasteiger charge is -2.22. The molecule has 2 heterocycles. The van der Waals surface area contributed by atoms with Gasteiger partial charge in [-0.15, -0.1) is 10.2 Å². The van der Waals surface area contributed by atoms with E-state index in [-0.39, 0.29) is 17.6 Å². The number of tetrazole rings is 1. The fourth-order valence-electron chi connectivity index (χ4n) is 3.30. The second-order valence-electron chi connectivity index (χ2n) is 6.35. The molecule has 0 saturated carbocycles. The average Bonchev–Trinajstić information content (AvgIpc) is 3.11. The van der Waals surface area contributed by atoms with Gasteiger partial charge in [-0.2, -0.15) is 5.21 Å². The molecule has 0 bridgehead atoms. The van der Waals surface area contributed by atoms with Crippen LogP contribution in [-0.4, -0.2) is 31.4 Å². The van der Waals surface area contributed by atoms with Crippen molar-refractivity contribution in [2.75, 3.05) is 5.73 Å². The number of benzene rings is 1. The van der Waals surface area contributed by atoms with Crippen LogP contribution >= 0.6 is 0 Å². The van der Waals surface area contributed by atoms with Crippen LogP contribution in [0.2, 0.25) is 0 Å². The summed E-state index contributed by atoms with van der Waals surface area (Å²) in [6.07, 6.45) is 2.37. The molecule has 3 rings (SSSR count). The number of hydrogen-bond donors (Lipinski definition) is 2. The number of nitrogens with two attached hydrogens (primary N) is 1. The van der Waals surface area contributed by atoms with Crippen LogP contribution in [0.4, 0.5) is 5.82 Å². The minimum atomic E-state index is -0.132. The molecule has 1 aromatic carbocycles. The zero-order chi connectivity index (χ0) is 17.8. The number of Topliss-reactive ketones (excluding diaryl/α,β-unsaturated/α-hetero) is 1. The number of fused-ring (bicyclic) bond motifs is 1. The van der Waals surface area contributed by atoms with Crippen LogP contribution in [0, 0.1) is 5.92 Å². The van der Waals surface area contributed by atoms with Crippen LogP contribution in [0.1, 0.15) is 44.0 Å². The number of nitrogens with one attached hydrogen (secondary N) is 1. The van der Waals surface area contributed by atoms with Gasteiger partial charge in [0, 0.05) is 17.2 Å². The van der Waals surface area contributed by atoms with Crippen LogP contribution < -0.4 is 5.73 Å². The summed E-state index contributed by atoms with van der Waals surface area (Å²) in [6, 6.07) is 9.83. The Labute approximate surface area is 146 Å². The van der Waals surface area contributed by atoms with Crippen molar-refractivity contribution < 1.29 is 4.79 Å². The first-order valence-corrected chi connectivity index (χ1v) is 8.47. The number of anilines is 1. The molecular weight excluding hydrogens is 316 g/mol. The third kappa shape index (κ3) is 3.81. The fraction of sp³-hybridized carbons (Fsp3) is 0.389.